The van der Waals surface area contributed by atoms with E-state index in [2.05, 4.69) is 15.4 Å². The summed E-state index contributed by atoms with van der Waals surface area (Å²) in [6, 6.07) is 5.21. The zero-order valence-electron chi connectivity index (χ0n) is 15.5. The maximum Gasteiger partial charge on any atom is 0.573 e. The number of ether oxygens (including phenoxy) is 2. The number of carbonyl (C=O) groups excluding carboxylic acids is 1. The molecule has 1 aliphatic rings. The lowest BCUT2D eigenvalue weighted by atomic mass is 9.95. The molecule has 29 heavy (non-hydrogen) atoms. The number of carbonyl (C=O) groups is 1. The molecule has 10 heteroatoms. The minimum absolute atomic E-state index is 0.221. The van der Waals surface area contributed by atoms with E-state index in [1.807, 2.05) is 0 Å². The number of benzene rings is 1. The molecule has 0 aliphatic heterocycles. The van der Waals surface area contributed by atoms with Crippen LogP contribution in [0.5, 0.6) is 5.75 Å². The van der Waals surface area contributed by atoms with Crippen molar-refractivity contribution in [3.63, 3.8) is 0 Å². The molecule has 0 saturated heterocycles. The standard InChI is InChI=1S/C19H19F3N2O3S2/c1-2-26-17(25)15-13-5-3-4-6-14(13)29-16(15)24-18(28)23-11-7-9-12(10-8-11)27-19(20,21)22/h7-10H,2-6H2,1H3,(H2,23,24,28). The first-order valence-electron chi connectivity index (χ1n) is 9.02. The summed E-state index contributed by atoms with van der Waals surface area (Å²) in [6.07, 6.45) is -0.917. The monoisotopic (exact) mass is 444 g/mol. The third-order valence-corrected chi connectivity index (χ3v) is 5.64. The predicted molar refractivity (Wildman–Crippen MR) is 110 cm³/mol. The summed E-state index contributed by atoms with van der Waals surface area (Å²) >= 11 is 6.79. The Morgan fingerprint density at radius 1 is 1.17 bits per heavy atom. The van der Waals surface area contributed by atoms with Crippen molar-refractivity contribution >= 4 is 45.3 Å². The lowest BCUT2D eigenvalue weighted by molar-refractivity contribution is -0.274. The zero-order valence-corrected chi connectivity index (χ0v) is 17.2. The van der Waals surface area contributed by atoms with E-state index in [0.29, 0.717) is 16.3 Å². The highest BCUT2D eigenvalue weighted by molar-refractivity contribution is 7.80. The van der Waals surface area contributed by atoms with Crippen molar-refractivity contribution < 1.29 is 27.4 Å². The van der Waals surface area contributed by atoms with Crippen molar-refractivity contribution in [2.24, 2.45) is 0 Å². The van der Waals surface area contributed by atoms with Crippen LogP contribution in [0.3, 0.4) is 0 Å². The van der Waals surface area contributed by atoms with Gasteiger partial charge in [-0.3, -0.25) is 0 Å². The quantitative estimate of drug-likeness (QED) is 0.468. The first-order chi connectivity index (χ1) is 13.8. The summed E-state index contributed by atoms with van der Waals surface area (Å²) < 4.78 is 45.8. The Labute approximate surface area is 175 Å². The van der Waals surface area contributed by atoms with E-state index in [1.54, 1.807) is 6.92 Å². The largest absolute Gasteiger partial charge is 0.573 e. The van der Waals surface area contributed by atoms with Crippen LogP contribution < -0.4 is 15.4 Å². The molecular weight excluding hydrogens is 425 g/mol. The Balaban J connectivity index is 1.72. The van der Waals surface area contributed by atoms with Crippen LogP contribution in [0, 0.1) is 0 Å². The average Bonchev–Trinajstić information content (AvgIpc) is 3.00. The highest BCUT2D eigenvalue weighted by Gasteiger charge is 2.31. The van der Waals surface area contributed by atoms with Gasteiger partial charge in [0.15, 0.2) is 5.11 Å². The molecular formula is C19H19F3N2O3S2. The Morgan fingerprint density at radius 3 is 2.52 bits per heavy atom. The molecule has 5 nitrogen and oxygen atoms in total. The molecule has 0 atom stereocenters. The summed E-state index contributed by atoms with van der Waals surface area (Å²) in [5, 5.41) is 6.77. The number of fused-ring (bicyclic) bond motifs is 1. The molecule has 1 aromatic carbocycles. The first kappa shape index (κ1) is 21.4. The molecule has 2 N–H and O–H groups in total. The average molecular weight is 445 g/mol. The van der Waals surface area contributed by atoms with Crippen LogP contribution >= 0.6 is 23.6 Å². The molecule has 0 radical (unpaired) electrons. The molecule has 0 amide bonds. The summed E-state index contributed by atoms with van der Waals surface area (Å²) in [5.74, 6) is -0.705. The van der Waals surface area contributed by atoms with Crippen molar-refractivity contribution in [2.45, 2.75) is 39.0 Å². The molecule has 0 fully saturated rings. The van der Waals surface area contributed by atoms with Gasteiger partial charge in [-0.1, -0.05) is 0 Å². The van der Waals surface area contributed by atoms with Gasteiger partial charge in [-0.25, -0.2) is 4.79 Å². The van der Waals surface area contributed by atoms with Gasteiger partial charge in [-0.2, -0.15) is 0 Å². The van der Waals surface area contributed by atoms with E-state index in [-0.39, 0.29) is 23.4 Å². The van der Waals surface area contributed by atoms with Crippen LogP contribution in [0.1, 0.15) is 40.6 Å². The minimum Gasteiger partial charge on any atom is -0.462 e. The lowest BCUT2D eigenvalue weighted by Crippen LogP contribution is -2.20. The molecule has 1 heterocycles. The zero-order chi connectivity index (χ0) is 21.0. The fourth-order valence-electron chi connectivity index (χ4n) is 3.08. The van der Waals surface area contributed by atoms with Gasteiger partial charge in [-0.05, 0) is 74.7 Å². The maximum absolute atomic E-state index is 12.5. The number of esters is 1. The van der Waals surface area contributed by atoms with Crippen molar-refractivity contribution in [3.05, 3.63) is 40.3 Å². The Bertz CT molecular complexity index is 895. The van der Waals surface area contributed by atoms with Crippen LogP contribution in [0.4, 0.5) is 23.9 Å². The van der Waals surface area contributed by atoms with Gasteiger partial charge in [-0.15, -0.1) is 24.5 Å². The number of halogens is 3. The van der Waals surface area contributed by atoms with Gasteiger partial charge < -0.3 is 20.1 Å². The number of nitrogens with one attached hydrogen (secondary N) is 2. The fourth-order valence-corrected chi connectivity index (χ4v) is 4.64. The lowest BCUT2D eigenvalue weighted by Gasteiger charge is -2.13. The Hall–Kier alpha value is -2.33. The third-order valence-electron chi connectivity index (χ3n) is 4.22. The summed E-state index contributed by atoms with van der Waals surface area (Å²) in [4.78, 5) is 13.6. The van der Waals surface area contributed by atoms with Gasteiger partial charge in [0.2, 0.25) is 0 Å². The van der Waals surface area contributed by atoms with Crippen LogP contribution in [-0.2, 0) is 17.6 Å². The second-order valence-corrected chi connectivity index (χ2v) is 7.80. The van der Waals surface area contributed by atoms with Crippen LogP contribution in [0.2, 0.25) is 0 Å². The highest BCUT2D eigenvalue weighted by atomic mass is 32.1. The second kappa shape index (κ2) is 9.00. The molecule has 0 unspecified atom stereocenters. The number of hydrogen-bond acceptors (Lipinski definition) is 5. The smallest absolute Gasteiger partial charge is 0.462 e. The fraction of sp³-hybridized carbons (Fsp3) is 0.368. The topological polar surface area (TPSA) is 59.6 Å². The molecule has 156 valence electrons. The third kappa shape index (κ3) is 5.60. The predicted octanol–water partition coefficient (Wildman–Crippen LogP) is 5.51. The molecule has 1 aromatic heterocycles. The number of hydrogen-bond donors (Lipinski definition) is 2. The Kier molecular flexibility index (Phi) is 6.63. The first-order valence-corrected chi connectivity index (χ1v) is 10.2. The summed E-state index contributed by atoms with van der Waals surface area (Å²) in [7, 11) is 0. The van der Waals surface area contributed by atoms with Crippen molar-refractivity contribution in [1.82, 2.24) is 0 Å². The second-order valence-electron chi connectivity index (χ2n) is 6.29. The molecule has 0 saturated carbocycles. The molecule has 0 bridgehead atoms. The number of rotatable bonds is 5. The summed E-state index contributed by atoms with van der Waals surface area (Å²) in [6.45, 7) is 2.03. The SMILES string of the molecule is CCOC(=O)c1c(NC(=S)Nc2ccc(OC(F)(F)F)cc2)sc2c1CCCC2. The number of anilines is 2. The van der Waals surface area contributed by atoms with Gasteiger partial charge in [0.25, 0.3) is 0 Å². The van der Waals surface area contributed by atoms with Crippen LogP contribution in [0.25, 0.3) is 0 Å². The highest BCUT2D eigenvalue weighted by Crippen LogP contribution is 2.38. The molecule has 2 aromatic rings. The minimum atomic E-state index is -4.74. The van der Waals surface area contributed by atoms with Crippen molar-refractivity contribution in [1.29, 1.82) is 0 Å². The van der Waals surface area contributed by atoms with E-state index in [4.69, 9.17) is 17.0 Å². The maximum atomic E-state index is 12.5. The van der Waals surface area contributed by atoms with E-state index >= 15 is 0 Å². The summed E-state index contributed by atoms with van der Waals surface area (Å²) in [5.41, 5.74) is 2.01. The number of thiophene rings is 1. The Morgan fingerprint density at radius 2 is 1.86 bits per heavy atom. The van der Waals surface area contributed by atoms with Crippen molar-refractivity contribution in [3.8, 4) is 5.75 Å². The van der Waals surface area contributed by atoms with E-state index in [0.717, 1.165) is 36.1 Å². The number of thiocarbonyl (C=S) groups is 1. The van der Waals surface area contributed by atoms with Crippen LogP contribution in [0.15, 0.2) is 24.3 Å². The van der Waals surface area contributed by atoms with Gasteiger partial charge in [0.05, 0.1) is 12.2 Å². The van der Waals surface area contributed by atoms with Gasteiger partial charge in [0, 0.05) is 10.6 Å². The van der Waals surface area contributed by atoms with E-state index in [1.165, 1.54) is 35.6 Å². The number of alkyl halides is 3. The molecule has 0 spiro atoms. The van der Waals surface area contributed by atoms with E-state index in [9.17, 15) is 18.0 Å². The molecule has 3 rings (SSSR count). The molecule has 1 aliphatic carbocycles. The van der Waals surface area contributed by atoms with Gasteiger partial charge >= 0.3 is 12.3 Å². The normalized spacial score (nSPS) is 13.4. The van der Waals surface area contributed by atoms with Crippen LogP contribution in [-0.4, -0.2) is 24.1 Å². The van der Waals surface area contributed by atoms with Crippen molar-refractivity contribution in [2.75, 3.05) is 17.2 Å². The van der Waals surface area contributed by atoms with Gasteiger partial charge in [0.1, 0.15) is 10.8 Å². The number of aryl methyl sites for hydroxylation is 1. The van der Waals surface area contributed by atoms with E-state index < -0.39 is 6.36 Å².